The van der Waals surface area contributed by atoms with Crippen LogP contribution in [-0.4, -0.2) is 31.4 Å². The highest BCUT2D eigenvalue weighted by atomic mass is 32.2. The minimum Gasteiger partial charge on any atom is -0.351 e. The summed E-state index contributed by atoms with van der Waals surface area (Å²) in [6.07, 6.45) is 1.12. The maximum Gasteiger partial charge on any atom is 0.235 e. The lowest BCUT2D eigenvalue weighted by Gasteiger charge is -2.19. The summed E-state index contributed by atoms with van der Waals surface area (Å²) in [5.74, 6) is -0.320. The molecule has 0 unspecified atom stereocenters. The molecule has 2 rings (SSSR count). The quantitative estimate of drug-likeness (QED) is 0.824. The normalized spacial score (nSPS) is 11.5. The molecule has 1 N–H and O–H groups in total. The first-order valence-corrected chi connectivity index (χ1v) is 9.92. The lowest BCUT2D eigenvalue weighted by molar-refractivity contribution is -0.121. The van der Waals surface area contributed by atoms with Gasteiger partial charge in [-0.3, -0.25) is 4.79 Å². The van der Waals surface area contributed by atoms with Crippen molar-refractivity contribution in [3.63, 3.8) is 0 Å². The summed E-state index contributed by atoms with van der Waals surface area (Å²) >= 11 is 0. The number of benzene rings is 2. The standard InChI is InChI=1S/C19H24N2O3S/c1-15-7-9-17(10-8-15)13-21(25(3,23)24)14-19(22)20-12-18-6-4-5-16(2)11-18/h4-11H,12-14H2,1-3H3,(H,20,22). The van der Waals surface area contributed by atoms with Crippen LogP contribution in [0.2, 0.25) is 0 Å². The Labute approximate surface area is 149 Å². The Morgan fingerprint density at radius 3 is 2.28 bits per heavy atom. The number of rotatable bonds is 7. The van der Waals surface area contributed by atoms with Crippen LogP contribution < -0.4 is 5.32 Å². The Kier molecular flexibility index (Phi) is 6.33. The zero-order valence-electron chi connectivity index (χ0n) is 14.8. The smallest absolute Gasteiger partial charge is 0.235 e. The van der Waals surface area contributed by atoms with E-state index in [1.807, 2.05) is 62.4 Å². The molecule has 6 heteroatoms. The van der Waals surface area contributed by atoms with Gasteiger partial charge in [-0.1, -0.05) is 59.7 Å². The third kappa shape index (κ3) is 6.32. The molecule has 0 spiro atoms. The van der Waals surface area contributed by atoms with Gasteiger partial charge in [0.25, 0.3) is 0 Å². The van der Waals surface area contributed by atoms with Crippen LogP contribution in [0, 0.1) is 13.8 Å². The lowest BCUT2D eigenvalue weighted by Crippen LogP contribution is -2.39. The Morgan fingerprint density at radius 1 is 1.00 bits per heavy atom. The van der Waals surface area contributed by atoms with Gasteiger partial charge < -0.3 is 5.32 Å². The molecular formula is C19H24N2O3S. The van der Waals surface area contributed by atoms with Crippen molar-refractivity contribution in [1.29, 1.82) is 0 Å². The van der Waals surface area contributed by atoms with Gasteiger partial charge in [0.1, 0.15) is 0 Å². The fraction of sp³-hybridized carbons (Fsp3) is 0.316. The van der Waals surface area contributed by atoms with Crippen molar-refractivity contribution in [2.45, 2.75) is 26.9 Å². The van der Waals surface area contributed by atoms with Gasteiger partial charge in [0, 0.05) is 13.1 Å². The molecule has 1 amide bonds. The molecule has 0 aliphatic heterocycles. The van der Waals surface area contributed by atoms with Gasteiger partial charge in [-0.25, -0.2) is 8.42 Å². The molecule has 0 bridgehead atoms. The minimum absolute atomic E-state index is 0.178. The van der Waals surface area contributed by atoms with Gasteiger partial charge in [-0.05, 0) is 25.0 Å². The van der Waals surface area contributed by atoms with Crippen LogP contribution in [0.5, 0.6) is 0 Å². The summed E-state index contributed by atoms with van der Waals surface area (Å²) in [5.41, 5.74) is 4.05. The highest BCUT2D eigenvalue weighted by Crippen LogP contribution is 2.10. The van der Waals surface area contributed by atoms with E-state index in [1.165, 1.54) is 4.31 Å². The maximum absolute atomic E-state index is 12.2. The second-order valence-electron chi connectivity index (χ2n) is 6.28. The molecule has 2 aromatic rings. The summed E-state index contributed by atoms with van der Waals surface area (Å²) in [4.78, 5) is 12.2. The summed E-state index contributed by atoms with van der Waals surface area (Å²) in [6.45, 7) is 4.31. The zero-order chi connectivity index (χ0) is 18.4. The SMILES string of the molecule is Cc1ccc(CN(CC(=O)NCc2cccc(C)c2)S(C)(=O)=O)cc1. The number of nitrogens with one attached hydrogen (secondary N) is 1. The molecule has 25 heavy (non-hydrogen) atoms. The predicted octanol–water partition coefficient (Wildman–Crippen LogP) is 2.38. The van der Waals surface area contributed by atoms with Crippen LogP contribution >= 0.6 is 0 Å². The summed E-state index contributed by atoms with van der Waals surface area (Å²) in [6, 6.07) is 15.4. The van der Waals surface area contributed by atoms with Gasteiger partial charge >= 0.3 is 0 Å². The van der Waals surface area contributed by atoms with Crippen LogP contribution in [0.1, 0.15) is 22.3 Å². The number of hydrogen-bond donors (Lipinski definition) is 1. The van der Waals surface area contributed by atoms with Crippen LogP contribution in [0.15, 0.2) is 48.5 Å². The van der Waals surface area contributed by atoms with Crippen molar-refractivity contribution in [2.75, 3.05) is 12.8 Å². The molecule has 0 atom stereocenters. The number of nitrogens with zero attached hydrogens (tertiary/aromatic N) is 1. The maximum atomic E-state index is 12.2. The molecule has 0 aromatic heterocycles. The lowest BCUT2D eigenvalue weighted by atomic mass is 10.1. The van der Waals surface area contributed by atoms with Crippen molar-refractivity contribution in [2.24, 2.45) is 0 Å². The van der Waals surface area contributed by atoms with Gasteiger partial charge in [-0.2, -0.15) is 4.31 Å². The van der Waals surface area contributed by atoms with Crippen molar-refractivity contribution in [3.05, 3.63) is 70.8 Å². The average molecular weight is 360 g/mol. The predicted molar refractivity (Wildman–Crippen MR) is 99.5 cm³/mol. The molecule has 0 fully saturated rings. The molecule has 0 saturated carbocycles. The molecule has 0 heterocycles. The van der Waals surface area contributed by atoms with Crippen LogP contribution in [-0.2, 0) is 27.9 Å². The summed E-state index contributed by atoms with van der Waals surface area (Å²) in [7, 11) is -3.49. The Balaban J connectivity index is 1.99. The van der Waals surface area contributed by atoms with E-state index in [9.17, 15) is 13.2 Å². The van der Waals surface area contributed by atoms with E-state index in [1.54, 1.807) is 0 Å². The first kappa shape index (κ1) is 19.1. The van der Waals surface area contributed by atoms with E-state index in [-0.39, 0.29) is 19.0 Å². The van der Waals surface area contributed by atoms with Crippen molar-refractivity contribution >= 4 is 15.9 Å². The molecule has 5 nitrogen and oxygen atoms in total. The monoisotopic (exact) mass is 360 g/mol. The summed E-state index contributed by atoms with van der Waals surface area (Å²) < 4.78 is 25.2. The van der Waals surface area contributed by atoms with E-state index in [4.69, 9.17) is 0 Å². The highest BCUT2D eigenvalue weighted by molar-refractivity contribution is 7.88. The third-order valence-corrected chi connectivity index (χ3v) is 5.04. The van der Waals surface area contributed by atoms with Gasteiger partial charge in [0.2, 0.25) is 15.9 Å². The Hall–Kier alpha value is -2.18. The molecular weight excluding hydrogens is 336 g/mol. The van der Waals surface area contributed by atoms with Crippen molar-refractivity contribution in [3.8, 4) is 0 Å². The fourth-order valence-electron chi connectivity index (χ4n) is 2.43. The first-order chi connectivity index (χ1) is 11.7. The van der Waals surface area contributed by atoms with Gasteiger partial charge in [0.15, 0.2) is 0 Å². The first-order valence-electron chi connectivity index (χ1n) is 8.07. The van der Waals surface area contributed by atoms with Crippen LogP contribution in [0.4, 0.5) is 0 Å². The molecule has 0 aliphatic carbocycles. The number of carbonyl (C=O) groups is 1. The number of amides is 1. The molecule has 0 aliphatic rings. The molecule has 134 valence electrons. The van der Waals surface area contributed by atoms with E-state index >= 15 is 0 Å². The number of sulfonamides is 1. The zero-order valence-corrected chi connectivity index (χ0v) is 15.6. The third-order valence-electron chi connectivity index (χ3n) is 3.84. The average Bonchev–Trinajstić information content (AvgIpc) is 2.53. The van der Waals surface area contributed by atoms with Crippen molar-refractivity contribution in [1.82, 2.24) is 9.62 Å². The van der Waals surface area contributed by atoms with Crippen LogP contribution in [0.25, 0.3) is 0 Å². The molecule has 0 radical (unpaired) electrons. The van der Waals surface area contributed by atoms with E-state index in [2.05, 4.69) is 5.32 Å². The minimum atomic E-state index is -3.49. The van der Waals surface area contributed by atoms with Crippen LogP contribution in [0.3, 0.4) is 0 Å². The number of aryl methyl sites for hydroxylation is 2. The fourth-order valence-corrected chi connectivity index (χ4v) is 3.16. The van der Waals surface area contributed by atoms with Gasteiger partial charge in [0.05, 0.1) is 12.8 Å². The van der Waals surface area contributed by atoms with E-state index in [0.717, 1.165) is 28.5 Å². The Morgan fingerprint density at radius 2 is 1.68 bits per heavy atom. The van der Waals surface area contributed by atoms with E-state index < -0.39 is 10.0 Å². The number of hydrogen-bond acceptors (Lipinski definition) is 3. The summed E-state index contributed by atoms with van der Waals surface area (Å²) in [5, 5.41) is 2.78. The largest absolute Gasteiger partial charge is 0.351 e. The second kappa shape index (κ2) is 8.27. The van der Waals surface area contributed by atoms with Crippen molar-refractivity contribution < 1.29 is 13.2 Å². The molecule has 2 aromatic carbocycles. The van der Waals surface area contributed by atoms with Gasteiger partial charge in [-0.15, -0.1) is 0 Å². The molecule has 0 saturated heterocycles. The highest BCUT2D eigenvalue weighted by Gasteiger charge is 2.20. The van der Waals surface area contributed by atoms with E-state index in [0.29, 0.717) is 6.54 Å². The topological polar surface area (TPSA) is 66.5 Å². The second-order valence-corrected chi connectivity index (χ2v) is 8.26. The Bertz CT molecular complexity index is 830. The number of carbonyl (C=O) groups excluding carboxylic acids is 1.